The molecule has 0 spiro atoms. The average Bonchev–Trinajstić information content (AvgIpc) is 2.96. The molecule has 0 fully saturated rings. The second kappa shape index (κ2) is 8.37. The van der Waals surface area contributed by atoms with Crippen molar-refractivity contribution in [2.45, 2.75) is 45.6 Å². The van der Waals surface area contributed by atoms with Gasteiger partial charge in [-0.25, -0.2) is 0 Å². The number of hydrogen-bond acceptors (Lipinski definition) is 2. The van der Waals surface area contributed by atoms with Crippen molar-refractivity contribution in [2.24, 2.45) is 0 Å². The van der Waals surface area contributed by atoms with Gasteiger partial charge in [0.25, 0.3) is 0 Å². The quantitative estimate of drug-likeness (QED) is 0.489. The Bertz CT molecular complexity index is 808. The van der Waals surface area contributed by atoms with E-state index in [1.54, 1.807) is 12.1 Å². The highest BCUT2D eigenvalue weighted by Gasteiger charge is 2.12. The van der Waals surface area contributed by atoms with E-state index in [1.165, 1.54) is 47.8 Å². The third-order valence-corrected chi connectivity index (χ3v) is 4.79. The molecule has 0 aliphatic rings. The van der Waals surface area contributed by atoms with E-state index >= 15 is 0 Å². The van der Waals surface area contributed by atoms with Gasteiger partial charge in [-0.15, -0.1) is 0 Å². The summed E-state index contributed by atoms with van der Waals surface area (Å²) < 4.78 is 2.44. The molecule has 0 unspecified atom stereocenters. The van der Waals surface area contributed by atoms with E-state index in [2.05, 4.69) is 41.8 Å². The molecule has 3 nitrogen and oxygen atoms in total. The Labute approximate surface area is 150 Å². The van der Waals surface area contributed by atoms with Gasteiger partial charge in [-0.05, 0) is 35.0 Å². The second-order valence-electron chi connectivity index (χ2n) is 6.70. The average molecular weight is 335 g/mol. The van der Waals surface area contributed by atoms with Crippen LogP contribution in [0, 0.1) is 0 Å². The standard InChI is InChI=1S/C21H26BNO2/c1-2-3-4-7-14-23-20(16-18-8-5-6-9-21(18)23)15-17-10-12-19(13-11-17)22(24)25/h5-6,8-13,16,24-25H,2-4,7,14-15H2,1H3. The summed E-state index contributed by atoms with van der Waals surface area (Å²) in [5, 5.41) is 19.8. The van der Waals surface area contributed by atoms with Crippen LogP contribution in [0.4, 0.5) is 0 Å². The smallest absolute Gasteiger partial charge is 0.423 e. The zero-order valence-corrected chi connectivity index (χ0v) is 14.9. The number of hydrogen-bond donors (Lipinski definition) is 2. The highest BCUT2D eigenvalue weighted by molar-refractivity contribution is 6.58. The molecule has 0 amide bonds. The Morgan fingerprint density at radius 3 is 2.40 bits per heavy atom. The number of unbranched alkanes of at least 4 members (excludes halogenated alkanes) is 3. The fourth-order valence-corrected chi connectivity index (χ4v) is 3.39. The molecule has 0 saturated heterocycles. The molecule has 0 aliphatic carbocycles. The first-order valence-electron chi connectivity index (χ1n) is 9.21. The van der Waals surface area contributed by atoms with Crippen molar-refractivity contribution in [2.75, 3.05) is 0 Å². The van der Waals surface area contributed by atoms with Crippen LogP contribution in [-0.2, 0) is 13.0 Å². The van der Waals surface area contributed by atoms with E-state index < -0.39 is 7.12 Å². The van der Waals surface area contributed by atoms with E-state index in [0.29, 0.717) is 5.46 Å². The van der Waals surface area contributed by atoms with Crippen molar-refractivity contribution in [3.63, 3.8) is 0 Å². The SMILES string of the molecule is CCCCCCn1c(Cc2ccc(B(O)O)cc2)cc2ccccc21. The fraction of sp³-hybridized carbons (Fsp3) is 0.333. The highest BCUT2D eigenvalue weighted by Crippen LogP contribution is 2.23. The third-order valence-electron chi connectivity index (χ3n) is 4.79. The monoisotopic (exact) mass is 335 g/mol. The van der Waals surface area contributed by atoms with Crippen LogP contribution in [0.15, 0.2) is 54.6 Å². The van der Waals surface area contributed by atoms with E-state index in [9.17, 15) is 10.0 Å². The lowest BCUT2D eigenvalue weighted by molar-refractivity contribution is 0.426. The molecule has 3 aromatic rings. The number of aryl methyl sites for hydroxylation is 1. The molecular formula is C21H26BNO2. The molecule has 4 heteroatoms. The van der Waals surface area contributed by atoms with E-state index in [-0.39, 0.29) is 0 Å². The van der Waals surface area contributed by atoms with Crippen molar-refractivity contribution in [1.29, 1.82) is 0 Å². The van der Waals surface area contributed by atoms with Crippen LogP contribution in [0.3, 0.4) is 0 Å². The lowest BCUT2D eigenvalue weighted by Gasteiger charge is -2.11. The lowest BCUT2D eigenvalue weighted by atomic mass is 9.80. The maximum Gasteiger partial charge on any atom is 0.488 e. The zero-order chi connectivity index (χ0) is 17.6. The summed E-state index contributed by atoms with van der Waals surface area (Å²) in [5.41, 5.74) is 4.33. The summed E-state index contributed by atoms with van der Waals surface area (Å²) in [6.45, 7) is 3.29. The first kappa shape index (κ1) is 17.8. The molecule has 1 heterocycles. The van der Waals surface area contributed by atoms with Crippen LogP contribution in [0.25, 0.3) is 10.9 Å². The molecule has 0 radical (unpaired) electrons. The van der Waals surface area contributed by atoms with Gasteiger partial charge in [0, 0.05) is 24.2 Å². The van der Waals surface area contributed by atoms with E-state index in [0.717, 1.165) is 13.0 Å². The number of aromatic nitrogens is 1. The highest BCUT2D eigenvalue weighted by atomic mass is 16.4. The van der Waals surface area contributed by atoms with Gasteiger partial charge in [0.15, 0.2) is 0 Å². The summed E-state index contributed by atoms with van der Waals surface area (Å²) in [7, 11) is -1.40. The number of benzene rings is 2. The van der Waals surface area contributed by atoms with Crippen molar-refractivity contribution < 1.29 is 10.0 Å². The largest absolute Gasteiger partial charge is 0.488 e. The maximum atomic E-state index is 9.24. The second-order valence-corrected chi connectivity index (χ2v) is 6.70. The van der Waals surface area contributed by atoms with Gasteiger partial charge < -0.3 is 14.6 Å². The Hall–Kier alpha value is -2.04. The van der Waals surface area contributed by atoms with E-state index in [4.69, 9.17) is 0 Å². The van der Waals surface area contributed by atoms with Gasteiger partial charge >= 0.3 is 7.12 Å². The molecule has 0 atom stereocenters. The Morgan fingerprint density at radius 1 is 0.920 bits per heavy atom. The number of rotatable bonds is 8. The molecule has 2 aromatic carbocycles. The predicted octanol–water partition coefficient (Wildman–Crippen LogP) is 3.49. The van der Waals surface area contributed by atoms with Crippen LogP contribution < -0.4 is 5.46 Å². The minimum Gasteiger partial charge on any atom is -0.423 e. The van der Waals surface area contributed by atoms with Gasteiger partial charge in [0.05, 0.1) is 0 Å². The fourth-order valence-electron chi connectivity index (χ4n) is 3.39. The lowest BCUT2D eigenvalue weighted by Crippen LogP contribution is -2.29. The van der Waals surface area contributed by atoms with Crippen molar-refractivity contribution in [3.8, 4) is 0 Å². The summed E-state index contributed by atoms with van der Waals surface area (Å²) in [6, 6.07) is 18.4. The molecule has 1 aromatic heterocycles. The normalized spacial score (nSPS) is 11.2. The Morgan fingerprint density at radius 2 is 1.68 bits per heavy atom. The van der Waals surface area contributed by atoms with Gasteiger partial charge in [-0.3, -0.25) is 0 Å². The van der Waals surface area contributed by atoms with Crippen LogP contribution in [-0.4, -0.2) is 21.7 Å². The number of fused-ring (bicyclic) bond motifs is 1. The minimum atomic E-state index is -1.40. The first-order valence-corrected chi connectivity index (χ1v) is 9.21. The molecule has 2 N–H and O–H groups in total. The maximum absolute atomic E-state index is 9.24. The number of nitrogens with zero attached hydrogens (tertiary/aromatic N) is 1. The minimum absolute atomic E-state index is 0.531. The van der Waals surface area contributed by atoms with Crippen molar-refractivity contribution in [3.05, 3.63) is 65.9 Å². The molecule has 3 rings (SSSR count). The summed E-state index contributed by atoms with van der Waals surface area (Å²) in [5.74, 6) is 0. The first-order chi connectivity index (χ1) is 12.2. The molecule has 0 saturated carbocycles. The summed E-state index contributed by atoms with van der Waals surface area (Å²) >= 11 is 0. The zero-order valence-electron chi connectivity index (χ0n) is 14.9. The van der Waals surface area contributed by atoms with E-state index in [1.807, 2.05) is 12.1 Å². The molecule has 25 heavy (non-hydrogen) atoms. The predicted molar refractivity (Wildman–Crippen MR) is 105 cm³/mol. The number of para-hydroxylation sites is 1. The van der Waals surface area contributed by atoms with Gasteiger partial charge in [0.1, 0.15) is 0 Å². The summed E-state index contributed by atoms with van der Waals surface area (Å²) in [4.78, 5) is 0. The van der Waals surface area contributed by atoms with Gasteiger partial charge in [-0.1, -0.05) is 68.7 Å². The molecule has 0 aliphatic heterocycles. The third kappa shape index (κ3) is 4.33. The van der Waals surface area contributed by atoms with Gasteiger partial charge in [0.2, 0.25) is 0 Å². The van der Waals surface area contributed by atoms with Crippen LogP contribution in [0.2, 0.25) is 0 Å². The Balaban J connectivity index is 1.83. The summed E-state index contributed by atoms with van der Waals surface area (Å²) in [6.07, 6.45) is 5.87. The topological polar surface area (TPSA) is 45.4 Å². The van der Waals surface area contributed by atoms with Crippen molar-refractivity contribution >= 4 is 23.5 Å². The molecular weight excluding hydrogens is 309 g/mol. The Kier molecular flexibility index (Phi) is 5.95. The molecule has 0 bridgehead atoms. The molecule has 130 valence electrons. The van der Waals surface area contributed by atoms with Crippen LogP contribution in [0.1, 0.15) is 43.9 Å². The van der Waals surface area contributed by atoms with Crippen LogP contribution >= 0.6 is 0 Å². The van der Waals surface area contributed by atoms with Crippen LogP contribution in [0.5, 0.6) is 0 Å². The van der Waals surface area contributed by atoms with Crippen molar-refractivity contribution in [1.82, 2.24) is 4.57 Å². The van der Waals surface area contributed by atoms with Gasteiger partial charge in [-0.2, -0.15) is 0 Å².